The van der Waals surface area contributed by atoms with Crippen LogP contribution in [0.5, 0.6) is 0 Å². The van der Waals surface area contributed by atoms with Gasteiger partial charge in [0.1, 0.15) is 0 Å². The molecule has 0 aromatic heterocycles. The molecule has 2 aromatic rings. The van der Waals surface area contributed by atoms with Crippen LogP contribution < -0.4 is 5.14 Å². The summed E-state index contributed by atoms with van der Waals surface area (Å²) in [5.41, 5.74) is 2.22. The summed E-state index contributed by atoms with van der Waals surface area (Å²) in [5, 5.41) is 5.12. The third kappa shape index (κ3) is 5.03. The molecule has 0 aliphatic carbocycles. The van der Waals surface area contributed by atoms with E-state index in [1.54, 1.807) is 12.1 Å². The molecular formula is C18H22N2O2S. The minimum absolute atomic E-state index is 0.139. The number of likely N-dealkylation sites (N-methyl/N-ethyl adjacent to an activating group) is 1. The fraction of sp³-hybridized carbons (Fsp3) is 0.222. The van der Waals surface area contributed by atoms with E-state index in [1.807, 2.05) is 37.4 Å². The van der Waals surface area contributed by atoms with Gasteiger partial charge in [-0.25, -0.2) is 13.6 Å². The van der Waals surface area contributed by atoms with E-state index in [2.05, 4.69) is 36.1 Å². The normalized spacial score (nSPS) is 13.6. The molecule has 4 nitrogen and oxygen atoms in total. The number of sulfonamides is 1. The predicted octanol–water partition coefficient (Wildman–Crippen LogP) is 3.04. The zero-order valence-corrected chi connectivity index (χ0v) is 14.2. The number of benzene rings is 2. The first-order valence-corrected chi connectivity index (χ1v) is 8.97. The van der Waals surface area contributed by atoms with Gasteiger partial charge < -0.3 is 0 Å². The Hall–Kier alpha value is -1.95. The maximum Gasteiger partial charge on any atom is 0.238 e. The Labute approximate surface area is 138 Å². The van der Waals surface area contributed by atoms with Crippen molar-refractivity contribution in [3.8, 4) is 0 Å². The Morgan fingerprint density at radius 3 is 2.26 bits per heavy atom. The van der Waals surface area contributed by atoms with Crippen LogP contribution in [0.2, 0.25) is 0 Å². The fourth-order valence-electron chi connectivity index (χ4n) is 2.27. The highest BCUT2D eigenvalue weighted by Gasteiger charge is 2.12. The molecule has 1 atom stereocenters. The van der Waals surface area contributed by atoms with Crippen LogP contribution in [0.25, 0.3) is 6.08 Å². The van der Waals surface area contributed by atoms with Gasteiger partial charge in [0, 0.05) is 12.6 Å². The second-order valence-electron chi connectivity index (χ2n) is 5.54. The monoisotopic (exact) mass is 330 g/mol. The smallest absolute Gasteiger partial charge is 0.238 e. The number of rotatable bonds is 6. The lowest BCUT2D eigenvalue weighted by molar-refractivity contribution is 0.290. The van der Waals surface area contributed by atoms with Gasteiger partial charge in [0.2, 0.25) is 10.0 Å². The molecule has 2 N–H and O–H groups in total. The molecule has 1 unspecified atom stereocenters. The quantitative estimate of drug-likeness (QED) is 0.885. The second-order valence-corrected chi connectivity index (χ2v) is 7.10. The molecule has 2 rings (SSSR count). The highest BCUT2D eigenvalue weighted by Crippen LogP contribution is 2.20. The second kappa shape index (κ2) is 7.55. The Bertz CT molecular complexity index is 753. The van der Waals surface area contributed by atoms with E-state index in [9.17, 15) is 8.42 Å². The molecule has 0 saturated heterocycles. The lowest BCUT2D eigenvalue weighted by Crippen LogP contribution is -2.22. The summed E-state index contributed by atoms with van der Waals surface area (Å²) in [7, 11) is -1.60. The average molecular weight is 330 g/mol. The van der Waals surface area contributed by atoms with Gasteiger partial charge in [-0.05, 0) is 37.2 Å². The van der Waals surface area contributed by atoms with Gasteiger partial charge in [-0.2, -0.15) is 0 Å². The minimum Gasteiger partial charge on any atom is -0.296 e. The largest absolute Gasteiger partial charge is 0.296 e. The Kier molecular flexibility index (Phi) is 5.71. The summed E-state index contributed by atoms with van der Waals surface area (Å²) in [4.78, 5) is 2.32. The van der Waals surface area contributed by atoms with Crippen LogP contribution in [0, 0.1) is 0 Å². The molecule has 122 valence electrons. The lowest BCUT2D eigenvalue weighted by atomic mass is 10.1. The number of hydrogen-bond donors (Lipinski definition) is 1. The molecule has 2 aromatic carbocycles. The van der Waals surface area contributed by atoms with Crippen LogP contribution in [0.1, 0.15) is 24.1 Å². The summed E-state index contributed by atoms with van der Waals surface area (Å²) in [5.74, 6) is 0. The molecule has 0 saturated carbocycles. The maximum absolute atomic E-state index is 11.3. The zero-order chi connectivity index (χ0) is 16.9. The third-order valence-electron chi connectivity index (χ3n) is 3.86. The summed E-state index contributed by atoms with van der Waals surface area (Å²) in [6.07, 6.45) is 4.21. The van der Waals surface area contributed by atoms with Gasteiger partial charge in [-0.1, -0.05) is 54.6 Å². The first kappa shape index (κ1) is 17.4. The van der Waals surface area contributed by atoms with E-state index in [0.29, 0.717) is 0 Å². The Morgan fingerprint density at radius 2 is 1.70 bits per heavy atom. The van der Waals surface area contributed by atoms with Crippen molar-refractivity contribution in [1.82, 2.24) is 4.90 Å². The summed E-state index contributed by atoms with van der Waals surface area (Å²) >= 11 is 0. The molecule has 23 heavy (non-hydrogen) atoms. The van der Waals surface area contributed by atoms with Crippen molar-refractivity contribution in [2.24, 2.45) is 5.14 Å². The lowest BCUT2D eigenvalue weighted by Gasteiger charge is -2.23. The highest BCUT2D eigenvalue weighted by molar-refractivity contribution is 7.89. The fourth-order valence-corrected chi connectivity index (χ4v) is 2.78. The Balaban J connectivity index is 1.99. The van der Waals surface area contributed by atoms with Crippen molar-refractivity contribution >= 4 is 16.1 Å². The molecule has 5 heteroatoms. The van der Waals surface area contributed by atoms with Gasteiger partial charge >= 0.3 is 0 Å². The van der Waals surface area contributed by atoms with Crippen molar-refractivity contribution in [3.63, 3.8) is 0 Å². The molecule has 0 spiro atoms. The summed E-state index contributed by atoms with van der Waals surface area (Å²) < 4.78 is 22.6. The van der Waals surface area contributed by atoms with Crippen molar-refractivity contribution in [2.75, 3.05) is 13.6 Å². The predicted molar refractivity (Wildman–Crippen MR) is 94.3 cm³/mol. The van der Waals surface area contributed by atoms with Gasteiger partial charge in [-0.15, -0.1) is 0 Å². The topological polar surface area (TPSA) is 63.4 Å². The van der Waals surface area contributed by atoms with E-state index in [4.69, 9.17) is 5.14 Å². The number of hydrogen-bond acceptors (Lipinski definition) is 3. The molecule has 0 radical (unpaired) electrons. The van der Waals surface area contributed by atoms with E-state index >= 15 is 0 Å². The highest BCUT2D eigenvalue weighted by atomic mass is 32.2. The van der Waals surface area contributed by atoms with Gasteiger partial charge in [0.25, 0.3) is 0 Å². The number of nitrogens with zero attached hydrogens (tertiary/aromatic N) is 1. The van der Waals surface area contributed by atoms with E-state index in [-0.39, 0.29) is 10.9 Å². The van der Waals surface area contributed by atoms with Crippen molar-refractivity contribution in [2.45, 2.75) is 17.9 Å². The zero-order valence-electron chi connectivity index (χ0n) is 13.4. The SMILES string of the molecule is CC(c1ccc(S(N)(=O)=O)cc1)N(C)C/C=C/c1ccccc1. The first-order valence-electron chi connectivity index (χ1n) is 7.42. The molecule has 0 aliphatic rings. The van der Waals surface area contributed by atoms with Crippen LogP contribution in [0.15, 0.2) is 65.6 Å². The van der Waals surface area contributed by atoms with Crippen molar-refractivity contribution in [1.29, 1.82) is 0 Å². The van der Waals surface area contributed by atoms with Gasteiger partial charge in [-0.3, -0.25) is 4.90 Å². The van der Waals surface area contributed by atoms with Crippen LogP contribution in [0.4, 0.5) is 0 Å². The van der Waals surface area contributed by atoms with E-state index in [0.717, 1.165) is 12.1 Å². The van der Waals surface area contributed by atoms with Crippen molar-refractivity contribution in [3.05, 3.63) is 71.8 Å². The molecule has 0 bridgehead atoms. The molecule has 0 aliphatic heterocycles. The summed E-state index contributed by atoms with van der Waals surface area (Å²) in [6.45, 7) is 2.88. The van der Waals surface area contributed by atoms with Gasteiger partial charge in [0.05, 0.1) is 4.90 Å². The van der Waals surface area contributed by atoms with Crippen LogP contribution in [-0.2, 0) is 10.0 Å². The number of primary sulfonamides is 1. The number of nitrogens with two attached hydrogens (primary N) is 1. The summed E-state index contributed by atoms with van der Waals surface area (Å²) in [6, 6.07) is 17.0. The maximum atomic E-state index is 11.3. The standard InChI is InChI=1S/C18H22N2O2S/c1-15(17-10-12-18(13-11-17)23(19,21)22)20(2)14-6-9-16-7-4-3-5-8-16/h3-13,15H,14H2,1-2H3,(H2,19,21,22)/b9-6+. The van der Waals surface area contributed by atoms with Crippen LogP contribution in [-0.4, -0.2) is 26.9 Å². The molecule has 0 amide bonds. The molecule has 0 heterocycles. The van der Waals surface area contributed by atoms with E-state index in [1.165, 1.54) is 5.56 Å². The third-order valence-corrected chi connectivity index (χ3v) is 4.78. The van der Waals surface area contributed by atoms with Crippen molar-refractivity contribution < 1.29 is 8.42 Å². The van der Waals surface area contributed by atoms with Gasteiger partial charge in [0.15, 0.2) is 0 Å². The molecule has 0 fully saturated rings. The Morgan fingerprint density at radius 1 is 1.09 bits per heavy atom. The molecular weight excluding hydrogens is 308 g/mol. The average Bonchev–Trinajstić information content (AvgIpc) is 2.54. The minimum atomic E-state index is -3.64. The van der Waals surface area contributed by atoms with E-state index < -0.39 is 10.0 Å². The van der Waals surface area contributed by atoms with Crippen LogP contribution in [0.3, 0.4) is 0 Å². The van der Waals surface area contributed by atoms with Crippen LogP contribution >= 0.6 is 0 Å². The first-order chi connectivity index (χ1) is 10.9.